The van der Waals surface area contributed by atoms with Crippen molar-refractivity contribution >= 4 is 48.9 Å². The van der Waals surface area contributed by atoms with Gasteiger partial charge in [-0.2, -0.15) is 0 Å². The van der Waals surface area contributed by atoms with E-state index >= 15 is 0 Å². The molecule has 0 fully saturated rings. The summed E-state index contributed by atoms with van der Waals surface area (Å²) in [4.78, 5) is 11.6. The Labute approximate surface area is 133 Å². The van der Waals surface area contributed by atoms with Gasteiger partial charge in [0.25, 0.3) is 0 Å². The molecule has 1 aromatic carbocycles. The van der Waals surface area contributed by atoms with Gasteiger partial charge in [0.2, 0.25) is 10.0 Å². The van der Waals surface area contributed by atoms with Crippen molar-refractivity contribution in [2.45, 2.75) is 11.4 Å². The van der Waals surface area contributed by atoms with Crippen molar-refractivity contribution in [3.8, 4) is 0 Å². The molecule has 0 aliphatic carbocycles. The van der Waals surface area contributed by atoms with Crippen LogP contribution < -0.4 is 10.5 Å². The standard InChI is InChI=1S/C12H11BrN2O4S2/c13-7-3-9(20-6-7)5-15-21(18,19)11-4-8(14)1-2-10(11)12(16)17/h1-4,6,15H,5,14H2,(H,16,17). The largest absolute Gasteiger partial charge is 0.478 e. The molecule has 0 atom stereocenters. The van der Waals surface area contributed by atoms with Gasteiger partial charge in [-0.3, -0.25) is 0 Å². The van der Waals surface area contributed by atoms with Crippen molar-refractivity contribution < 1.29 is 18.3 Å². The molecule has 0 saturated heterocycles. The molecule has 2 rings (SSSR count). The van der Waals surface area contributed by atoms with E-state index in [1.54, 1.807) is 6.07 Å². The van der Waals surface area contributed by atoms with E-state index in [9.17, 15) is 13.2 Å². The number of nitrogen functional groups attached to an aromatic ring is 1. The number of hydrogen-bond acceptors (Lipinski definition) is 5. The summed E-state index contributed by atoms with van der Waals surface area (Å²) in [7, 11) is -3.97. The van der Waals surface area contributed by atoms with Crippen molar-refractivity contribution in [3.63, 3.8) is 0 Å². The number of halogens is 1. The summed E-state index contributed by atoms with van der Waals surface area (Å²) in [5, 5.41) is 10.9. The fourth-order valence-corrected chi connectivity index (χ4v) is 4.35. The molecule has 1 aromatic heterocycles. The van der Waals surface area contributed by atoms with Gasteiger partial charge in [-0.15, -0.1) is 11.3 Å². The van der Waals surface area contributed by atoms with E-state index in [-0.39, 0.29) is 22.7 Å². The number of thiophene rings is 1. The van der Waals surface area contributed by atoms with Gasteiger partial charge in [0.05, 0.1) is 10.5 Å². The number of carbonyl (C=O) groups is 1. The number of nitrogens with one attached hydrogen (secondary N) is 1. The molecule has 6 nitrogen and oxygen atoms in total. The highest BCUT2D eigenvalue weighted by Gasteiger charge is 2.22. The SMILES string of the molecule is Nc1ccc(C(=O)O)c(S(=O)(=O)NCc2cc(Br)cs2)c1. The fourth-order valence-electron chi connectivity index (χ4n) is 1.63. The van der Waals surface area contributed by atoms with Crippen LogP contribution in [0.2, 0.25) is 0 Å². The maximum absolute atomic E-state index is 12.3. The van der Waals surface area contributed by atoms with Gasteiger partial charge in [-0.25, -0.2) is 17.9 Å². The van der Waals surface area contributed by atoms with E-state index < -0.39 is 16.0 Å². The predicted octanol–water partition coefficient (Wildman–Crippen LogP) is 2.27. The Kier molecular flexibility index (Phi) is 4.67. The Balaban J connectivity index is 2.31. The molecule has 0 bridgehead atoms. The molecule has 112 valence electrons. The van der Waals surface area contributed by atoms with Crippen molar-refractivity contribution in [2.24, 2.45) is 0 Å². The van der Waals surface area contributed by atoms with Crippen LogP contribution >= 0.6 is 27.3 Å². The number of rotatable bonds is 5. The molecular weight excluding hydrogens is 380 g/mol. The highest BCUT2D eigenvalue weighted by atomic mass is 79.9. The molecule has 0 saturated carbocycles. The summed E-state index contributed by atoms with van der Waals surface area (Å²) in [6.45, 7) is 0.0759. The number of anilines is 1. The summed E-state index contributed by atoms with van der Waals surface area (Å²) in [6, 6.07) is 5.44. The molecule has 0 aliphatic rings. The van der Waals surface area contributed by atoms with Crippen LogP contribution in [0.4, 0.5) is 5.69 Å². The van der Waals surface area contributed by atoms with Gasteiger partial charge in [0.1, 0.15) is 0 Å². The van der Waals surface area contributed by atoms with Gasteiger partial charge in [-0.1, -0.05) is 0 Å². The first-order chi connectivity index (χ1) is 9.79. The monoisotopic (exact) mass is 390 g/mol. The third-order valence-corrected chi connectivity index (χ3v) is 5.72. The van der Waals surface area contributed by atoms with Gasteiger partial charge in [0.15, 0.2) is 0 Å². The minimum Gasteiger partial charge on any atom is -0.478 e. The normalized spacial score (nSPS) is 11.5. The lowest BCUT2D eigenvalue weighted by Crippen LogP contribution is -2.25. The zero-order valence-electron chi connectivity index (χ0n) is 10.5. The molecule has 1 heterocycles. The second kappa shape index (κ2) is 6.14. The fraction of sp³-hybridized carbons (Fsp3) is 0.0833. The van der Waals surface area contributed by atoms with E-state index in [1.807, 2.05) is 5.38 Å². The summed E-state index contributed by atoms with van der Waals surface area (Å²) in [5.41, 5.74) is 5.41. The summed E-state index contributed by atoms with van der Waals surface area (Å²) < 4.78 is 27.7. The van der Waals surface area contributed by atoms with Gasteiger partial charge >= 0.3 is 5.97 Å². The number of nitrogens with two attached hydrogens (primary N) is 1. The molecule has 0 amide bonds. The third kappa shape index (κ3) is 3.82. The molecule has 9 heteroatoms. The van der Waals surface area contributed by atoms with Crippen molar-refractivity contribution in [1.29, 1.82) is 0 Å². The van der Waals surface area contributed by atoms with E-state index in [1.165, 1.54) is 23.5 Å². The molecule has 0 radical (unpaired) electrons. The highest BCUT2D eigenvalue weighted by Crippen LogP contribution is 2.22. The van der Waals surface area contributed by atoms with E-state index in [2.05, 4.69) is 20.7 Å². The van der Waals surface area contributed by atoms with Crippen molar-refractivity contribution in [3.05, 3.63) is 44.6 Å². The van der Waals surface area contributed by atoms with Crippen LogP contribution in [0.25, 0.3) is 0 Å². The number of aromatic carboxylic acids is 1. The molecule has 2 aromatic rings. The third-order valence-electron chi connectivity index (χ3n) is 2.58. The van der Waals surface area contributed by atoms with Crippen LogP contribution in [0.1, 0.15) is 15.2 Å². The Morgan fingerprint density at radius 1 is 1.38 bits per heavy atom. The minimum absolute atomic E-state index is 0.0759. The molecule has 0 unspecified atom stereocenters. The first kappa shape index (κ1) is 16.0. The molecule has 0 aliphatic heterocycles. The van der Waals surface area contributed by atoms with Gasteiger partial charge in [-0.05, 0) is 40.2 Å². The Hall–Kier alpha value is -1.42. The number of carboxylic acids is 1. The topological polar surface area (TPSA) is 109 Å². The summed E-state index contributed by atoms with van der Waals surface area (Å²) in [5.74, 6) is -1.32. The average Bonchev–Trinajstić information content (AvgIpc) is 2.82. The van der Waals surface area contributed by atoms with Crippen LogP contribution in [0, 0.1) is 0 Å². The molecular formula is C12H11BrN2O4S2. The Bertz CT molecular complexity index is 786. The van der Waals surface area contributed by atoms with E-state index in [0.29, 0.717) is 0 Å². The van der Waals surface area contributed by atoms with Crippen molar-refractivity contribution in [1.82, 2.24) is 4.72 Å². The lowest BCUT2D eigenvalue weighted by Gasteiger charge is -2.09. The second-order valence-electron chi connectivity index (χ2n) is 4.12. The van der Waals surface area contributed by atoms with Crippen LogP contribution in [-0.4, -0.2) is 19.5 Å². The summed E-state index contributed by atoms with van der Waals surface area (Å²) >= 11 is 4.66. The van der Waals surface area contributed by atoms with Gasteiger partial charge in [0, 0.05) is 27.0 Å². The van der Waals surface area contributed by atoms with Gasteiger partial charge < -0.3 is 10.8 Å². The second-order valence-corrected chi connectivity index (χ2v) is 7.76. The zero-order valence-corrected chi connectivity index (χ0v) is 13.8. The van der Waals surface area contributed by atoms with E-state index in [4.69, 9.17) is 10.8 Å². The predicted molar refractivity (Wildman–Crippen MR) is 83.9 cm³/mol. The minimum atomic E-state index is -3.97. The lowest BCUT2D eigenvalue weighted by atomic mass is 10.2. The van der Waals surface area contributed by atoms with Crippen LogP contribution in [0.3, 0.4) is 0 Å². The lowest BCUT2D eigenvalue weighted by molar-refractivity contribution is 0.0692. The maximum Gasteiger partial charge on any atom is 0.337 e. The molecule has 21 heavy (non-hydrogen) atoms. The van der Waals surface area contributed by atoms with Crippen LogP contribution in [0.15, 0.2) is 39.0 Å². The number of hydrogen-bond donors (Lipinski definition) is 3. The molecule has 4 N–H and O–H groups in total. The van der Waals surface area contributed by atoms with Crippen LogP contribution in [0.5, 0.6) is 0 Å². The van der Waals surface area contributed by atoms with Crippen molar-refractivity contribution in [2.75, 3.05) is 5.73 Å². The highest BCUT2D eigenvalue weighted by molar-refractivity contribution is 9.10. The number of benzene rings is 1. The molecule has 0 spiro atoms. The quantitative estimate of drug-likeness (QED) is 0.678. The first-order valence-corrected chi connectivity index (χ1v) is 8.80. The number of carboxylic acid groups (broad SMARTS) is 1. The van der Waals surface area contributed by atoms with Crippen LogP contribution in [-0.2, 0) is 16.6 Å². The van der Waals surface area contributed by atoms with E-state index in [0.717, 1.165) is 15.4 Å². The Morgan fingerprint density at radius 3 is 2.67 bits per heavy atom. The first-order valence-electron chi connectivity index (χ1n) is 5.65. The zero-order chi connectivity index (χ0) is 15.6. The number of sulfonamides is 1. The summed E-state index contributed by atoms with van der Waals surface area (Å²) in [6.07, 6.45) is 0. The Morgan fingerprint density at radius 2 is 2.10 bits per heavy atom. The maximum atomic E-state index is 12.3. The average molecular weight is 391 g/mol. The smallest absolute Gasteiger partial charge is 0.337 e.